The zero-order valence-corrected chi connectivity index (χ0v) is 14.0. The summed E-state index contributed by atoms with van der Waals surface area (Å²) in [6.07, 6.45) is 3.22. The maximum absolute atomic E-state index is 10.7. The summed E-state index contributed by atoms with van der Waals surface area (Å²) < 4.78 is 12.4. The summed E-state index contributed by atoms with van der Waals surface area (Å²) in [7, 11) is 0. The summed E-state index contributed by atoms with van der Waals surface area (Å²) in [6, 6.07) is 0. The highest BCUT2D eigenvalue weighted by Crippen LogP contribution is 2.49. The minimum atomic E-state index is -0.537. The molecule has 1 spiro atoms. The van der Waals surface area contributed by atoms with Gasteiger partial charge in [0.25, 0.3) is 0 Å². The third-order valence-corrected chi connectivity index (χ3v) is 5.09. The van der Waals surface area contributed by atoms with Crippen molar-refractivity contribution in [2.75, 3.05) is 13.2 Å². The van der Waals surface area contributed by atoms with Gasteiger partial charge in [-0.25, -0.2) is 0 Å². The van der Waals surface area contributed by atoms with Crippen LogP contribution in [0.25, 0.3) is 0 Å². The zero-order chi connectivity index (χ0) is 15.2. The lowest BCUT2D eigenvalue weighted by Gasteiger charge is -2.59. The molecular formula is C16H31NO3. The van der Waals surface area contributed by atoms with Gasteiger partial charge in [0.15, 0.2) is 5.79 Å². The Morgan fingerprint density at radius 2 is 1.45 bits per heavy atom. The lowest BCUT2D eigenvalue weighted by Crippen LogP contribution is -2.68. The minimum Gasteiger partial charge on any atom is -0.349 e. The van der Waals surface area contributed by atoms with Crippen LogP contribution in [-0.4, -0.2) is 40.3 Å². The first kappa shape index (κ1) is 16.2. The van der Waals surface area contributed by atoms with Gasteiger partial charge in [0.05, 0.1) is 18.8 Å². The van der Waals surface area contributed by atoms with E-state index in [2.05, 4.69) is 41.5 Å². The van der Waals surface area contributed by atoms with Crippen molar-refractivity contribution in [1.29, 1.82) is 0 Å². The summed E-state index contributed by atoms with van der Waals surface area (Å²) in [6.45, 7) is 14.2. The van der Waals surface area contributed by atoms with Gasteiger partial charge < -0.3 is 14.7 Å². The molecule has 118 valence electrons. The molecule has 0 aromatic heterocycles. The van der Waals surface area contributed by atoms with Crippen LogP contribution in [0, 0.1) is 5.41 Å². The minimum absolute atomic E-state index is 0.0762. The number of ether oxygens (including phenoxy) is 2. The van der Waals surface area contributed by atoms with Gasteiger partial charge in [-0.1, -0.05) is 27.7 Å². The Bertz CT molecular complexity index is 351. The molecule has 4 heteroatoms. The molecular weight excluding hydrogens is 254 g/mol. The summed E-state index contributed by atoms with van der Waals surface area (Å²) >= 11 is 0. The highest BCUT2D eigenvalue weighted by Gasteiger charge is 2.57. The molecule has 0 saturated carbocycles. The number of hydrogen-bond acceptors (Lipinski definition) is 4. The fraction of sp³-hybridized carbons (Fsp3) is 1.00. The predicted octanol–water partition coefficient (Wildman–Crippen LogP) is 3.58. The zero-order valence-electron chi connectivity index (χ0n) is 14.0. The number of piperidine rings is 1. The summed E-state index contributed by atoms with van der Waals surface area (Å²) in [5.74, 6) is -0.537. The van der Waals surface area contributed by atoms with Crippen molar-refractivity contribution in [3.05, 3.63) is 0 Å². The topological polar surface area (TPSA) is 41.9 Å². The number of hydroxylamine groups is 2. The Balaban J connectivity index is 2.29. The largest absolute Gasteiger partial charge is 0.349 e. The Hall–Kier alpha value is -0.160. The first-order chi connectivity index (χ1) is 9.10. The quantitative estimate of drug-likeness (QED) is 0.842. The molecule has 0 bridgehead atoms. The SMILES string of the molecule is CCC1(CC)CC2(CC(C)(C)N1O)OCC(C)(C)CO2. The van der Waals surface area contributed by atoms with Crippen LogP contribution in [0.15, 0.2) is 0 Å². The van der Waals surface area contributed by atoms with E-state index in [1.165, 1.54) is 0 Å². The molecule has 0 unspecified atom stereocenters. The van der Waals surface area contributed by atoms with Gasteiger partial charge in [0, 0.05) is 23.8 Å². The highest BCUT2D eigenvalue weighted by molar-refractivity contribution is 5.04. The fourth-order valence-corrected chi connectivity index (χ4v) is 3.76. The number of nitrogens with zero attached hydrogens (tertiary/aromatic N) is 1. The average Bonchev–Trinajstić information content (AvgIpc) is 2.38. The normalized spacial score (nSPS) is 31.4. The second kappa shape index (κ2) is 4.94. The molecule has 0 aliphatic carbocycles. The Morgan fingerprint density at radius 3 is 1.90 bits per heavy atom. The molecule has 0 atom stereocenters. The van der Waals surface area contributed by atoms with Crippen molar-refractivity contribution in [2.24, 2.45) is 5.41 Å². The van der Waals surface area contributed by atoms with Crippen LogP contribution in [0.4, 0.5) is 0 Å². The van der Waals surface area contributed by atoms with E-state index in [4.69, 9.17) is 9.47 Å². The van der Waals surface area contributed by atoms with E-state index >= 15 is 0 Å². The Morgan fingerprint density at radius 1 is 0.950 bits per heavy atom. The molecule has 2 heterocycles. The molecule has 0 radical (unpaired) electrons. The Labute approximate surface area is 123 Å². The van der Waals surface area contributed by atoms with Crippen LogP contribution in [-0.2, 0) is 9.47 Å². The van der Waals surface area contributed by atoms with Crippen LogP contribution >= 0.6 is 0 Å². The van der Waals surface area contributed by atoms with Crippen LogP contribution < -0.4 is 0 Å². The van der Waals surface area contributed by atoms with E-state index in [-0.39, 0.29) is 16.5 Å². The van der Waals surface area contributed by atoms with Crippen molar-refractivity contribution in [1.82, 2.24) is 5.06 Å². The highest BCUT2D eigenvalue weighted by atomic mass is 16.7. The third kappa shape index (κ3) is 2.63. The Kier molecular flexibility index (Phi) is 4.00. The van der Waals surface area contributed by atoms with Crippen LogP contribution in [0.1, 0.15) is 67.2 Å². The number of rotatable bonds is 2. The standard InChI is InChI=1S/C16H31NO3/c1-7-15(8-2)10-16(9-14(5,6)17(15)18)19-11-13(3,4)12-20-16/h18H,7-12H2,1-6H3. The number of hydrogen-bond donors (Lipinski definition) is 1. The monoisotopic (exact) mass is 285 g/mol. The molecule has 2 aliphatic rings. The van der Waals surface area contributed by atoms with Crippen molar-refractivity contribution < 1.29 is 14.7 Å². The van der Waals surface area contributed by atoms with Crippen LogP contribution in [0.3, 0.4) is 0 Å². The maximum Gasteiger partial charge on any atom is 0.172 e. The van der Waals surface area contributed by atoms with Gasteiger partial charge in [0.2, 0.25) is 0 Å². The van der Waals surface area contributed by atoms with Crippen molar-refractivity contribution in [2.45, 2.75) is 84.1 Å². The molecule has 2 fully saturated rings. The first-order valence-corrected chi connectivity index (χ1v) is 7.88. The molecule has 2 rings (SSSR count). The molecule has 0 aromatic rings. The molecule has 0 amide bonds. The van der Waals surface area contributed by atoms with E-state index in [9.17, 15) is 5.21 Å². The first-order valence-electron chi connectivity index (χ1n) is 7.88. The van der Waals surface area contributed by atoms with Crippen molar-refractivity contribution in [3.8, 4) is 0 Å². The second-order valence-corrected chi connectivity index (χ2v) is 8.06. The van der Waals surface area contributed by atoms with Gasteiger partial charge in [-0.15, -0.1) is 0 Å². The fourth-order valence-electron chi connectivity index (χ4n) is 3.76. The molecule has 2 saturated heterocycles. The van der Waals surface area contributed by atoms with E-state index in [0.29, 0.717) is 6.42 Å². The van der Waals surface area contributed by atoms with Crippen molar-refractivity contribution in [3.63, 3.8) is 0 Å². The van der Waals surface area contributed by atoms with Gasteiger partial charge >= 0.3 is 0 Å². The maximum atomic E-state index is 10.7. The molecule has 2 aliphatic heterocycles. The molecule has 20 heavy (non-hydrogen) atoms. The third-order valence-electron chi connectivity index (χ3n) is 5.09. The van der Waals surface area contributed by atoms with Crippen molar-refractivity contribution >= 4 is 0 Å². The van der Waals surface area contributed by atoms with E-state index in [0.717, 1.165) is 32.5 Å². The lowest BCUT2D eigenvalue weighted by molar-refractivity contribution is -0.376. The average molecular weight is 285 g/mol. The van der Waals surface area contributed by atoms with Gasteiger partial charge in [-0.05, 0) is 26.7 Å². The lowest BCUT2D eigenvalue weighted by atomic mass is 9.73. The van der Waals surface area contributed by atoms with Crippen LogP contribution in [0.2, 0.25) is 0 Å². The van der Waals surface area contributed by atoms with E-state index in [1.807, 2.05) is 0 Å². The molecule has 0 aromatic carbocycles. The summed E-state index contributed by atoms with van der Waals surface area (Å²) in [5.41, 5.74) is -0.526. The smallest absolute Gasteiger partial charge is 0.172 e. The molecule has 1 N–H and O–H groups in total. The van der Waals surface area contributed by atoms with Crippen LogP contribution in [0.5, 0.6) is 0 Å². The second-order valence-electron chi connectivity index (χ2n) is 8.06. The summed E-state index contributed by atoms with van der Waals surface area (Å²) in [5, 5.41) is 12.3. The molecule has 4 nitrogen and oxygen atoms in total. The van der Waals surface area contributed by atoms with Gasteiger partial charge in [-0.3, -0.25) is 0 Å². The van der Waals surface area contributed by atoms with E-state index in [1.54, 1.807) is 5.06 Å². The predicted molar refractivity (Wildman–Crippen MR) is 78.7 cm³/mol. The van der Waals surface area contributed by atoms with E-state index < -0.39 is 5.79 Å². The van der Waals surface area contributed by atoms with Gasteiger partial charge in [-0.2, -0.15) is 5.06 Å². The summed E-state index contributed by atoms with van der Waals surface area (Å²) in [4.78, 5) is 0. The van der Waals surface area contributed by atoms with Gasteiger partial charge in [0.1, 0.15) is 0 Å².